The van der Waals surface area contributed by atoms with Crippen molar-refractivity contribution in [1.29, 1.82) is 0 Å². The fourth-order valence-corrected chi connectivity index (χ4v) is 1.19. The second-order valence-electron chi connectivity index (χ2n) is 4.72. The van der Waals surface area contributed by atoms with E-state index in [9.17, 15) is 0 Å². The molecule has 0 amide bonds. The molecule has 72 valence electrons. The van der Waals surface area contributed by atoms with Gasteiger partial charge in [-0.05, 0) is 31.8 Å². The summed E-state index contributed by atoms with van der Waals surface area (Å²) in [7, 11) is 2.14. The van der Waals surface area contributed by atoms with Crippen molar-refractivity contribution in [2.45, 2.75) is 33.6 Å². The van der Waals surface area contributed by atoms with Crippen LogP contribution in [-0.4, -0.2) is 25.0 Å². The first-order valence-electron chi connectivity index (χ1n) is 4.75. The highest BCUT2D eigenvalue weighted by molar-refractivity contribution is 4.71. The van der Waals surface area contributed by atoms with Crippen LogP contribution in [0.3, 0.4) is 0 Å². The first-order chi connectivity index (χ1) is 5.45. The lowest BCUT2D eigenvalue weighted by Gasteiger charge is -2.20. The van der Waals surface area contributed by atoms with Crippen LogP contribution in [0.5, 0.6) is 0 Å². The van der Waals surface area contributed by atoms with Crippen LogP contribution < -0.4 is 0 Å². The summed E-state index contributed by atoms with van der Waals surface area (Å²) >= 11 is 0. The van der Waals surface area contributed by atoms with E-state index in [0.717, 1.165) is 6.54 Å². The topological polar surface area (TPSA) is 3.24 Å². The predicted molar refractivity (Wildman–Crippen MR) is 56.4 cm³/mol. The summed E-state index contributed by atoms with van der Waals surface area (Å²) in [6, 6.07) is 0. The molecule has 0 aromatic carbocycles. The minimum atomic E-state index is 0.481. The Morgan fingerprint density at radius 1 is 1.33 bits per heavy atom. The lowest BCUT2D eigenvalue weighted by atomic mass is 9.90. The fraction of sp³-hybridized carbons (Fsp3) is 0.818. The molecule has 0 heterocycles. The van der Waals surface area contributed by atoms with Gasteiger partial charge in [0.15, 0.2) is 0 Å². The molecule has 0 saturated heterocycles. The van der Waals surface area contributed by atoms with Crippen molar-refractivity contribution in [2.75, 3.05) is 20.1 Å². The first-order valence-corrected chi connectivity index (χ1v) is 4.75. The zero-order valence-electron chi connectivity index (χ0n) is 9.06. The lowest BCUT2D eigenvalue weighted by Crippen LogP contribution is -2.20. The van der Waals surface area contributed by atoms with Crippen molar-refractivity contribution in [3.63, 3.8) is 0 Å². The van der Waals surface area contributed by atoms with Gasteiger partial charge in [-0.2, -0.15) is 0 Å². The molecule has 0 rings (SSSR count). The first kappa shape index (κ1) is 11.7. The van der Waals surface area contributed by atoms with Gasteiger partial charge in [-0.25, -0.2) is 0 Å². The van der Waals surface area contributed by atoms with Crippen molar-refractivity contribution in [3.8, 4) is 0 Å². The molecule has 0 aliphatic heterocycles. The van der Waals surface area contributed by atoms with E-state index in [0.29, 0.717) is 5.41 Å². The summed E-state index contributed by atoms with van der Waals surface area (Å²) in [5.74, 6) is 0. The molecule has 0 aliphatic rings. The molecule has 0 spiro atoms. The molecule has 0 aliphatic carbocycles. The molecule has 0 aromatic heterocycles. The van der Waals surface area contributed by atoms with Gasteiger partial charge in [0.2, 0.25) is 0 Å². The normalized spacial score (nSPS) is 12.1. The molecule has 0 atom stereocenters. The number of likely N-dealkylation sites (N-methyl/N-ethyl adjacent to an activating group) is 1. The second kappa shape index (κ2) is 5.36. The van der Waals surface area contributed by atoms with Crippen LogP contribution in [0.2, 0.25) is 0 Å². The Kier molecular flexibility index (Phi) is 5.23. The van der Waals surface area contributed by atoms with E-state index in [2.05, 4.69) is 39.3 Å². The minimum absolute atomic E-state index is 0.481. The predicted octanol–water partition coefficient (Wildman–Crippen LogP) is 2.93. The van der Waals surface area contributed by atoms with Gasteiger partial charge in [-0.3, -0.25) is 0 Å². The van der Waals surface area contributed by atoms with Gasteiger partial charge in [0.25, 0.3) is 0 Å². The van der Waals surface area contributed by atoms with Crippen LogP contribution in [0.4, 0.5) is 0 Å². The fourth-order valence-electron chi connectivity index (χ4n) is 1.19. The molecule has 0 saturated carbocycles. The largest absolute Gasteiger partial charge is 0.303 e. The van der Waals surface area contributed by atoms with Crippen LogP contribution in [-0.2, 0) is 0 Å². The summed E-state index contributed by atoms with van der Waals surface area (Å²) in [6.07, 6.45) is 4.54. The molecule has 0 bridgehead atoms. The van der Waals surface area contributed by atoms with Crippen LogP contribution in [0.15, 0.2) is 12.7 Å². The van der Waals surface area contributed by atoms with Gasteiger partial charge < -0.3 is 4.90 Å². The van der Waals surface area contributed by atoms with Crippen molar-refractivity contribution >= 4 is 0 Å². The molecule has 1 heteroatoms. The Balaban J connectivity index is 3.36. The standard InChI is InChI=1S/C11H23N/c1-6-9-12(5)10-7-8-11(2,3)4/h6H,1,7-10H2,2-5H3. The minimum Gasteiger partial charge on any atom is -0.303 e. The third kappa shape index (κ3) is 7.80. The maximum Gasteiger partial charge on any atom is 0.0157 e. The Hall–Kier alpha value is -0.300. The van der Waals surface area contributed by atoms with E-state index < -0.39 is 0 Å². The zero-order valence-corrected chi connectivity index (χ0v) is 9.06. The maximum atomic E-state index is 3.72. The number of hydrogen-bond acceptors (Lipinski definition) is 1. The third-order valence-electron chi connectivity index (χ3n) is 1.91. The second-order valence-corrected chi connectivity index (χ2v) is 4.72. The Labute approximate surface area is 77.5 Å². The van der Waals surface area contributed by atoms with Crippen molar-refractivity contribution < 1.29 is 0 Å². The summed E-state index contributed by atoms with van der Waals surface area (Å²) in [5, 5.41) is 0. The molecule has 0 aromatic rings. The van der Waals surface area contributed by atoms with E-state index in [1.807, 2.05) is 6.08 Å². The average Bonchev–Trinajstić information content (AvgIpc) is 1.84. The van der Waals surface area contributed by atoms with Gasteiger partial charge in [0.05, 0.1) is 0 Å². The molecule has 0 unspecified atom stereocenters. The summed E-state index contributed by atoms with van der Waals surface area (Å²) in [6.45, 7) is 12.8. The van der Waals surface area contributed by atoms with E-state index in [1.54, 1.807) is 0 Å². The van der Waals surface area contributed by atoms with Gasteiger partial charge in [0, 0.05) is 6.54 Å². The van der Waals surface area contributed by atoms with Gasteiger partial charge in [0.1, 0.15) is 0 Å². The molecule has 0 fully saturated rings. The van der Waals surface area contributed by atoms with E-state index in [-0.39, 0.29) is 0 Å². The summed E-state index contributed by atoms with van der Waals surface area (Å²) in [4.78, 5) is 2.30. The van der Waals surface area contributed by atoms with Crippen molar-refractivity contribution in [1.82, 2.24) is 4.90 Å². The smallest absolute Gasteiger partial charge is 0.0157 e. The number of rotatable bonds is 5. The molecule has 0 N–H and O–H groups in total. The van der Waals surface area contributed by atoms with Crippen LogP contribution in [0.25, 0.3) is 0 Å². The Bertz CT molecular complexity index is 121. The molecule has 12 heavy (non-hydrogen) atoms. The molecule has 0 radical (unpaired) electrons. The lowest BCUT2D eigenvalue weighted by molar-refractivity contribution is 0.305. The Morgan fingerprint density at radius 2 is 1.92 bits per heavy atom. The highest BCUT2D eigenvalue weighted by Crippen LogP contribution is 2.20. The number of hydrogen-bond donors (Lipinski definition) is 0. The Morgan fingerprint density at radius 3 is 2.33 bits per heavy atom. The quantitative estimate of drug-likeness (QED) is 0.572. The number of nitrogens with zero attached hydrogens (tertiary/aromatic N) is 1. The third-order valence-corrected chi connectivity index (χ3v) is 1.91. The van der Waals surface area contributed by atoms with Gasteiger partial charge >= 0.3 is 0 Å². The van der Waals surface area contributed by atoms with E-state index >= 15 is 0 Å². The zero-order chi connectivity index (χ0) is 9.61. The van der Waals surface area contributed by atoms with Crippen molar-refractivity contribution in [3.05, 3.63) is 12.7 Å². The summed E-state index contributed by atoms with van der Waals surface area (Å²) < 4.78 is 0. The summed E-state index contributed by atoms with van der Waals surface area (Å²) in [5.41, 5.74) is 0.481. The monoisotopic (exact) mass is 169 g/mol. The highest BCUT2D eigenvalue weighted by atomic mass is 15.1. The van der Waals surface area contributed by atoms with Crippen LogP contribution >= 0.6 is 0 Å². The molecular formula is C11H23N. The SMILES string of the molecule is C=CCN(C)CCCC(C)(C)C. The van der Waals surface area contributed by atoms with E-state index in [4.69, 9.17) is 0 Å². The molecule has 1 nitrogen and oxygen atoms in total. The van der Waals surface area contributed by atoms with Crippen LogP contribution in [0.1, 0.15) is 33.6 Å². The van der Waals surface area contributed by atoms with Crippen molar-refractivity contribution in [2.24, 2.45) is 5.41 Å². The van der Waals surface area contributed by atoms with Crippen LogP contribution in [0, 0.1) is 5.41 Å². The maximum absolute atomic E-state index is 3.72. The average molecular weight is 169 g/mol. The van der Waals surface area contributed by atoms with Gasteiger partial charge in [-0.1, -0.05) is 26.8 Å². The molecular weight excluding hydrogens is 146 g/mol. The van der Waals surface area contributed by atoms with E-state index in [1.165, 1.54) is 19.4 Å². The van der Waals surface area contributed by atoms with Gasteiger partial charge in [-0.15, -0.1) is 6.58 Å². The highest BCUT2D eigenvalue weighted by Gasteiger charge is 2.09.